The third kappa shape index (κ3) is 4.47. The summed E-state index contributed by atoms with van der Waals surface area (Å²) in [6.45, 7) is 6.64. The lowest BCUT2D eigenvalue weighted by molar-refractivity contribution is -0.119. The van der Waals surface area contributed by atoms with Crippen molar-refractivity contribution in [2.24, 2.45) is 0 Å². The molecule has 7 heteroatoms. The highest BCUT2D eigenvalue weighted by Gasteiger charge is 2.21. The minimum Gasteiger partial charge on any atom is -0.372 e. The van der Waals surface area contributed by atoms with E-state index in [0.717, 1.165) is 37.3 Å². The Bertz CT molecular complexity index is 905. The number of nitrogens with zero attached hydrogens (tertiary/aromatic N) is 2. The summed E-state index contributed by atoms with van der Waals surface area (Å²) in [6.07, 6.45) is 2.43. The van der Waals surface area contributed by atoms with E-state index in [2.05, 4.69) is 23.5 Å². The summed E-state index contributed by atoms with van der Waals surface area (Å²) in [5, 5.41) is 0. The highest BCUT2D eigenvalue weighted by Crippen LogP contribution is 2.24. The molecule has 1 aliphatic heterocycles. The lowest BCUT2D eigenvalue weighted by atomic mass is 10.1. The van der Waals surface area contributed by atoms with Gasteiger partial charge in [0, 0.05) is 43.1 Å². The molecule has 150 valence electrons. The molecule has 1 aliphatic rings. The number of nitrogens with one attached hydrogen (secondary N) is 1. The molecule has 0 unspecified atom stereocenters. The molecule has 6 nitrogen and oxygen atoms in total. The van der Waals surface area contributed by atoms with E-state index in [1.165, 1.54) is 0 Å². The fourth-order valence-electron chi connectivity index (χ4n) is 3.43. The van der Waals surface area contributed by atoms with Crippen molar-refractivity contribution in [3.05, 3.63) is 48.5 Å². The van der Waals surface area contributed by atoms with Crippen molar-refractivity contribution in [3.63, 3.8) is 0 Å². The maximum Gasteiger partial charge on any atom is 0.261 e. The molecule has 0 bridgehead atoms. The second kappa shape index (κ2) is 8.65. The van der Waals surface area contributed by atoms with Gasteiger partial charge in [0.15, 0.2) is 0 Å². The van der Waals surface area contributed by atoms with Crippen LogP contribution in [0.4, 0.5) is 17.1 Å². The van der Waals surface area contributed by atoms with Crippen LogP contribution in [0.2, 0.25) is 0 Å². The van der Waals surface area contributed by atoms with Gasteiger partial charge in [-0.3, -0.25) is 9.52 Å². The quantitative estimate of drug-likeness (QED) is 0.765. The average molecular weight is 402 g/mol. The zero-order valence-corrected chi connectivity index (χ0v) is 17.2. The summed E-state index contributed by atoms with van der Waals surface area (Å²) in [6, 6.07) is 13.8. The number of piperidine rings is 1. The molecule has 2 aromatic rings. The summed E-state index contributed by atoms with van der Waals surface area (Å²) in [5.41, 5.74) is 2.32. The van der Waals surface area contributed by atoms with Gasteiger partial charge >= 0.3 is 0 Å². The number of benzene rings is 2. The second-order valence-corrected chi connectivity index (χ2v) is 8.50. The number of hydrogen-bond donors (Lipinski definition) is 1. The molecule has 28 heavy (non-hydrogen) atoms. The topological polar surface area (TPSA) is 69.7 Å². The van der Waals surface area contributed by atoms with Crippen LogP contribution < -0.4 is 14.5 Å². The highest BCUT2D eigenvalue weighted by atomic mass is 32.2. The minimum atomic E-state index is -3.69. The van der Waals surface area contributed by atoms with Crippen molar-refractivity contribution in [3.8, 4) is 0 Å². The molecule has 1 N–H and O–H groups in total. The molecule has 1 fully saturated rings. The Morgan fingerprint density at radius 1 is 0.964 bits per heavy atom. The van der Waals surface area contributed by atoms with Crippen LogP contribution in [0.1, 0.15) is 33.1 Å². The predicted molar refractivity (Wildman–Crippen MR) is 113 cm³/mol. The molecular weight excluding hydrogens is 374 g/mol. The van der Waals surface area contributed by atoms with E-state index in [4.69, 9.17) is 0 Å². The number of rotatable bonds is 7. The molecule has 3 rings (SSSR count). The molecule has 0 atom stereocenters. The monoisotopic (exact) mass is 401 g/mol. The lowest BCUT2D eigenvalue weighted by Gasteiger charge is -2.26. The zero-order chi connectivity index (χ0) is 20.1. The lowest BCUT2D eigenvalue weighted by Crippen LogP contribution is -2.35. The number of sulfonamides is 1. The normalized spacial score (nSPS) is 14.8. The summed E-state index contributed by atoms with van der Waals surface area (Å²) < 4.78 is 28.0. The van der Waals surface area contributed by atoms with E-state index in [1.54, 1.807) is 41.3 Å². The number of anilines is 3. The summed E-state index contributed by atoms with van der Waals surface area (Å²) in [4.78, 5) is 16.1. The van der Waals surface area contributed by atoms with Gasteiger partial charge in [-0.15, -0.1) is 0 Å². The van der Waals surface area contributed by atoms with Crippen LogP contribution >= 0.6 is 0 Å². The molecule has 0 saturated carbocycles. The Morgan fingerprint density at radius 2 is 1.61 bits per heavy atom. The average Bonchev–Trinajstić information content (AvgIpc) is 2.70. The zero-order valence-electron chi connectivity index (χ0n) is 16.4. The van der Waals surface area contributed by atoms with Crippen molar-refractivity contribution in [1.29, 1.82) is 0 Å². The van der Waals surface area contributed by atoms with Gasteiger partial charge in [-0.1, -0.05) is 0 Å². The van der Waals surface area contributed by atoms with Crippen LogP contribution in [0, 0.1) is 0 Å². The first kappa shape index (κ1) is 20.2. The van der Waals surface area contributed by atoms with Gasteiger partial charge in [-0.25, -0.2) is 8.42 Å². The molecule has 0 aromatic heterocycles. The Labute approximate surface area is 167 Å². The highest BCUT2D eigenvalue weighted by molar-refractivity contribution is 7.92. The second-order valence-electron chi connectivity index (χ2n) is 6.82. The number of hydrogen-bond acceptors (Lipinski definition) is 4. The molecule has 0 spiro atoms. The van der Waals surface area contributed by atoms with E-state index in [9.17, 15) is 13.2 Å². The summed E-state index contributed by atoms with van der Waals surface area (Å²) >= 11 is 0. The minimum absolute atomic E-state index is 0.0910. The number of amides is 1. The van der Waals surface area contributed by atoms with Gasteiger partial charge < -0.3 is 9.80 Å². The van der Waals surface area contributed by atoms with Crippen molar-refractivity contribution in [2.75, 3.05) is 34.2 Å². The van der Waals surface area contributed by atoms with Crippen LogP contribution in [0.25, 0.3) is 0 Å². The first-order valence-electron chi connectivity index (χ1n) is 9.73. The Hall–Kier alpha value is -2.54. The standard InChI is InChI=1S/C21H27N3O3S/c1-3-23(4-2)18-10-8-17(9-11-18)22-28(26,27)20-14-12-19(13-15-20)24-16-6-5-7-21(24)25/h8-15,22H,3-7,16H2,1-2H3. The third-order valence-electron chi connectivity index (χ3n) is 5.03. The van der Waals surface area contributed by atoms with Crippen molar-refractivity contribution >= 4 is 33.0 Å². The molecule has 1 amide bonds. The number of carbonyl (C=O) groups excluding carboxylic acids is 1. The van der Waals surface area contributed by atoms with Crippen LogP contribution in [0.5, 0.6) is 0 Å². The molecule has 1 saturated heterocycles. The molecule has 1 heterocycles. The van der Waals surface area contributed by atoms with Gasteiger partial charge in [0.1, 0.15) is 0 Å². The van der Waals surface area contributed by atoms with Crippen molar-refractivity contribution in [2.45, 2.75) is 38.0 Å². The van der Waals surface area contributed by atoms with Gasteiger partial charge in [0.2, 0.25) is 5.91 Å². The largest absolute Gasteiger partial charge is 0.372 e. The van der Waals surface area contributed by atoms with Gasteiger partial charge in [0.05, 0.1) is 4.90 Å². The van der Waals surface area contributed by atoms with Crippen molar-refractivity contribution in [1.82, 2.24) is 0 Å². The Kier molecular flexibility index (Phi) is 6.24. The Morgan fingerprint density at radius 3 is 2.18 bits per heavy atom. The van der Waals surface area contributed by atoms with Crippen LogP contribution in [-0.2, 0) is 14.8 Å². The number of carbonyl (C=O) groups is 1. The van der Waals surface area contributed by atoms with Crippen LogP contribution in [0.3, 0.4) is 0 Å². The summed E-state index contributed by atoms with van der Waals surface area (Å²) in [7, 11) is -3.69. The predicted octanol–water partition coefficient (Wildman–Crippen LogP) is 3.85. The van der Waals surface area contributed by atoms with Crippen LogP contribution in [-0.4, -0.2) is 34.0 Å². The SMILES string of the molecule is CCN(CC)c1ccc(NS(=O)(=O)c2ccc(N3CCCCC3=O)cc2)cc1. The maximum absolute atomic E-state index is 12.7. The smallest absolute Gasteiger partial charge is 0.261 e. The van der Waals surface area contributed by atoms with Gasteiger partial charge in [0.25, 0.3) is 10.0 Å². The molecule has 0 aliphatic carbocycles. The van der Waals surface area contributed by atoms with E-state index in [0.29, 0.717) is 18.7 Å². The third-order valence-corrected chi connectivity index (χ3v) is 6.43. The van der Waals surface area contributed by atoms with Gasteiger partial charge in [-0.2, -0.15) is 0 Å². The molecular formula is C21H27N3O3S. The molecule has 2 aromatic carbocycles. The van der Waals surface area contributed by atoms with E-state index in [1.807, 2.05) is 12.1 Å². The van der Waals surface area contributed by atoms with Gasteiger partial charge in [-0.05, 0) is 75.2 Å². The fourth-order valence-corrected chi connectivity index (χ4v) is 4.49. The first-order valence-corrected chi connectivity index (χ1v) is 11.2. The van der Waals surface area contributed by atoms with Crippen molar-refractivity contribution < 1.29 is 13.2 Å². The fraction of sp³-hybridized carbons (Fsp3) is 0.381. The summed E-state index contributed by atoms with van der Waals surface area (Å²) in [5.74, 6) is 0.0910. The van der Waals surface area contributed by atoms with Crippen LogP contribution in [0.15, 0.2) is 53.4 Å². The maximum atomic E-state index is 12.7. The molecule has 0 radical (unpaired) electrons. The van der Waals surface area contributed by atoms with E-state index >= 15 is 0 Å². The Balaban J connectivity index is 1.73. The van der Waals surface area contributed by atoms with E-state index in [-0.39, 0.29) is 10.8 Å². The first-order chi connectivity index (χ1) is 13.4. The van der Waals surface area contributed by atoms with E-state index < -0.39 is 10.0 Å².